The Hall–Kier alpha value is -1.79. The number of nitrogens with zero attached hydrogens (tertiary/aromatic N) is 2. The molecule has 0 atom stereocenters. The Balaban J connectivity index is 1.75. The summed E-state index contributed by atoms with van der Waals surface area (Å²) in [6.07, 6.45) is 3.45. The first kappa shape index (κ1) is 21.5. The van der Waals surface area contributed by atoms with E-state index < -0.39 is 0 Å². The van der Waals surface area contributed by atoms with Crippen LogP contribution in [0.4, 0.5) is 0 Å². The molecule has 0 bridgehead atoms. The second-order valence-electron chi connectivity index (χ2n) is 6.76. The van der Waals surface area contributed by atoms with Gasteiger partial charge in [-0.25, -0.2) is 0 Å². The average Bonchev–Trinajstić information content (AvgIpc) is 2.69. The first-order valence-corrected chi connectivity index (χ1v) is 10.1. The third-order valence-electron chi connectivity index (χ3n) is 4.68. The van der Waals surface area contributed by atoms with Gasteiger partial charge in [-0.1, -0.05) is 11.6 Å². The minimum absolute atomic E-state index is 0.111. The summed E-state index contributed by atoms with van der Waals surface area (Å²) in [4.78, 5) is 18.9. The van der Waals surface area contributed by atoms with E-state index in [0.29, 0.717) is 23.7 Å². The molecule has 1 amide bonds. The molecule has 1 aromatic carbocycles. The zero-order valence-electron chi connectivity index (χ0n) is 16.3. The van der Waals surface area contributed by atoms with E-state index in [4.69, 9.17) is 16.3 Å². The number of nitrogens with one attached hydrogen (secondary N) is 2. The summed E-state index contributed by atoms with van der Waals surface area (Å²) in [7, 11) is 2.06. The predicted octanol–water partition coefficient (Wildman–Crippen LogP) is 2.78. The molecule has 0 aliphatic carbocycles. The first-order chi connectivity index (χ1) is 13.1. The van der Waals surface area contributed by atoms with Crippen molar-refractivity contribution in [3.05, 3.63) is 34.9 Å². The van der Waals surface area contributed by atoms with Crippen molar-refractivity contribution in [2.45, 2.75) is 26.2 Å². The molecular weight excluding hydrogens is 364 g/mol. The Morgan fingerprint density at radius 1 is 1.26 bits per heavy atom. The van der Waals surface area contributed by atoms with Gasteiger partial charge in [-0.3, -0.25) is 9.79 Å². The number of aliphatic imine (C=N–C) groups is 1. The SMILES string of the molecule is CCNC(=NCCNC(=O)c1ccc(Cl)cc1)N(C)CCC1CCOCC1. The summed E-state index contributed by atoms with van der Waals surface area (Å²) >= 11 is 5.85. The summed E-state index contributed by atoms with van der Waals surface area (Å²) in [5.74, 6) is 1.51. The number of carbonyl (C=O) groups is 1. The van der Waals surface area contributed by atoms with E-state index in [1.165, 1.54) is 0 Å². The van der Waals surface area contributed by atoms with Crippen LogP contribution in [0.1, 0.15) is 36.5 Å². The summed E-state index contributed by atoms with van der Waals surface area (Å²) in [5, 5.41) is 6.83. The van der Waals surface area contributed by atoms with Crippen molar-refractivity contribution in [2.75, 3.05) is 46.4 Å². The van der Waals surface area contributed by atoms with Gasteiger partial charge in [0.2, 0.25) is 0 Å². The van der Waals surface area contributed by atoms with Gasteiger partial charge in [0.15, 0.2) is 5.96 Å². The van der Waals surface area contributed by atoms with Gasteiger partial charge in [0.1, 0.15) is 0 Å². The van der Waals surface area contributed by atoms with Crippen molar-refractivity contribution in [3.8, 4) is 0 Å². The van der Waals surface area contributed by atoms with Crippen molar-refractivity contribution in [3.63, 3.8) is 0 Å². The molecule has 2 rings (SSSR count). The van der Waals surface area contributed by atoms with Crippen LogP contribution in [-0.4, -0.2) is 63.2 Å². The van der Waals surface area contributed by atoms with E-state index >= 15 is 0 Å². The number of hydrogen-bond donors (Lipinski definition) is 2. The van der Waals surface area contributed by atoms with E-state index in [1.807, 2.05) is 0 Å². The minimum atomic E-state index is -0.111. The third-order valence-corrected chi connectivity index (χ3v) is 4.93. The van der Waals surface area contributed by atoms with Crippen molar-refractivity contribution >= 4 is 23.5 Å². The van der Waals surface area contributed by atoms with Gasteiger partial charge < -0.3 is 20.3 Å². The van der Waals surface area contributed by atoms with E-state index in [1.54, 1.807) is 24.3 Å². The van der Waals surface area contributed by atoms with E-state index in [9.17, 15) is 4.79 Å². The van der Waals surface area contributed by atoms with Gasteiger partial charge in [-0.2, -0.15) is 0 Å². The first-order valence-electron chi connectivity index (χ1n) is 9.71. The smallest absolute Gasteiger partial charge is 0.251 e. The molecule has 0 saturated carbocycles. The van der Waals surface area contributed by atoms with Gasteiger partial charge in [0.25, 0.3) is 5.91 Å². The number of guanidine groups is 1. The zero-order chi connectivity index (χ0) is 19.5. The van der Waals surface area contributed by atoms with Crippen molar-refractivity contribution in [1.29, 1.82) is 0 Å². The summed E-state index contributed by atoms with van der Waals surface area (Å²) in [6, 6.07) is 6.86. The molecule has 0 aromatic heterocycles. The molecule has 1 aliphatic heterocycles. The molecule has 1 heterocycles. The van der Waals surface area contributed by atoms with Crippen LogP contribution < -0.4 is 10.6 Å². The highest BCUT2D eigenvalue weighted by molar-refractivity contribution is 6.30. The lowest BCUT2D eigenvalue weighted by Gasteiger charge is -2.26. The molecule has 150 valence electrons. The maximum Gasteiger partial charge on any atom is 0.251 e. The predicted molar refractivity (Wildman–Crippen MR) is 111 cm³/mol. The van der Waals surface area contributed by atoms with Crippen LogP contribution in [0.2, 0.25) is 5.02 Å². The summed E-state index contributed by atoms with van der Waals surface area (Å²) in [5.41, 5.74) is 0.601. The largest absolute Gasteiger partial charge is 0.381 e. The van der Waals surface area contributed by atoms with Crippen LogP contribution in [-0.2, 0) is 4.74 Å². The summed E-state index contributed by atoms with van der Waals surface area (Å²) < 4.78 is 5.42. The Bertz CT molecular complexity index is 601. The number of amides is 1. The number of carbonyl (C=O) groups excluding carboxylic acids is 1. The normalized spacial score (nSPS) is 15.4. The zero-order valence-corrected chi connectivity index (χ0v) is 17.1. The molecule has 1 saturated heterocycles. The number of benzene rings is 1. The second-order valence-corrected chi connectivity index (χ2v) is 7.20. The highest BCUT2D eigenvalue weighted by atomic mass is 35.5. The monoisotopic (exact) mass is 394 g/mol. The van der Waals surface area contributed by atoms with Gasteiger partial charge in [0.05, 0.1) is 6.54 Å². The topological polar surface area (TPSA) is 66.0 Å². The van der Waals surface area contributed by atoms with Crippen LogP contribution in [0.3, 0.4) is 0 Å². The Labute approximate surface area is 167 Å². The molecule has 6 nitrogen and oxygen atoms in total. The average molecular weight is 395 g/mol. The van der Waals surface area contributed by atoms with E-state index in [-0.39, 0.29) is 5.91 Å². The highest BCUT2D eigenvalue weighted by Gasteiger charge is 2.15. The Morgan fingerprint density at radius 2 is 1.96 bits per heavy atom. The molecule has 1 aromatic rings. The number of halogens is 1. The summed E-state index contributed by atoms with van der Waals surface area (Å²) in [6.45, 7) is 6.63. The fourth-order valence-electron chi connectivity index (χ4n) is 3.02. The molecule has 27 heavy (non-hydrogen) atoms. The van der Waals surface area contributed by atoms with Gasteiger partial charge in [-0.05, 0) is 56.4 Å². The van der Waals surface area contributed by atoms with Crippen molar-refractivity contribution in [2.24, 2.45) is 10.9 Å². The quantitative estimate of drug-likeness (QED) is 0.404. The number of rotatable bonds is 8. The van der Waals surface area contributed by atoms with Crippen molar-refractivity contribution in [1.82, 2.24) is 15.5 Å². The number of hydrogen-bond acceptors (Lipinski definition) is 3. The van der Waals surface area contributed by atoms with E-state index in [0.717, 1.165) is 57.4 Å². The van der Waals surface area contributed by atoms with Crippen LogP contribution in [0.5, 0.6) is 0 Å². The minimum Gasteiger partial charge on any atom is -0.381 e. The van der Waals surface area contributed by atoms with Crippen LogP contribution in [0.25, 0.3) is 0 Å². The lowest BCUT2D eigenvalue weighted by molar-refractivity contribution is 0.0625. The highest BCUT2D eigenvalue weighted by Crippen LogP contribution is 2.18. The third kappa shape index (κ3) is 7.77. The Kier molecular flexibility index (Phi) is 9.42. The van der Waals surface area contributed by atoms with Crippen molar-refractivity contribution < 1.29 is 9.53 Å². The van der Waals surface area contributed by atoms with Crippen LogP contribution >= 0.6 is 11.6 Å². The lowest BCUT2D eigenvalue weighted by atomic mass is 9.96. The second kappa shape index (κ2) is 11.8. The molecule has 1 aliphatic rings. The maximum absolute atomic E-state index is 12.1. The lowest BCUT2D eigenvalue weighted by Crippen LogP contribution is -2.40. The molecule has 0 unspecified atom stereocenters. The number of ether oxygens (including phenoxy) is 1. The molecule has 2 N–H and O–H groups in total. The van der Waals surface area contributed by atoms with Crippen LogP contribution in [0, 0.1) is 5.92 Å². The Morgan fingerprint density at radius 3 is 2.63 bits per heavy atom. The fourth-order valence-corrected chi connectivity index (χ4v) is 3.15. The van der Waals surface area contributed by atoms with Crippen LogP contribution in [0.15, 0.2) is 29.3 Å². The molecule has 0 spiro atoms. The standard InChI is InChI=1S/C20H31ClN4O2/c1-3-22-20(25(2)13-8-16-9-14-27-15-10-16)24-12-11-23-19(26)17-4-6-18(21)7-5-17/h4-7,16H,3,8-15H2,1-2H3,(H,22,24)(H,23,26). The fraction of sp³-hybridized carbons (Fsp3) is 0.600. The van der Waals surface area contributed by atoms with E-state index in [2.05, 4.69) is 34.5 Å². The van der Waals surface area contributed by atoms with Gasteiger partial charge in [0, 0.05) is 50.5 Å². The molecule has 1 fully saturated rings. The van der Waals surface area contributed by atoms with Gasteiger partial charge >= 0.3 is 0 Å². The molecule has 0 radical (unpaired) electrons. The molecule has 7 heteroatoms. The molecular formula is C20H31ClN4O2. The maximum atomic E-state index is 12.1. The van der Waals surface area contributed by atoms with Gasteiger partial charge in [-0.15, -0.1) is 0 Å².